The lowest BCUT2D eigenvalue weighted by Crippen LogP contribution is -2.15. The van der Waals surface area contributed by atoms with Gasteiger partial charge < -0.3 is 13.7 Å². The van der Waals surface area contributed by atoms with E-state index in [0.29, 0.717) is 36.0 Å². The number of rotatable bonds is 6. The van der Waals surface area contributed by atoms with Crippen molar-refractivity contribution in [3.8, 4) is 16.9 Å². The Morgan fingerprint density at radius 1 is 1.12 bits per heavy atom. The fourth-order valence-corrected chi connectivity index (χ4v) is 4.58. The van der Waals surface area contributed by atoms with Gasteiger partial charge in [0.05, 0.1) is 36.1 Å². The summed E-state index contributed by atoms with van der Waals surface area (Å²) in [7, 11) is 1.63. The summed E-state index contributed by atoms with van der Waals surface area (Å²) < 4.78 is 18.7. The monoisotopic (exact) mass is 457 g/mol. The Morgan fingerprint density at radius 3 is 2.53 bits per heavy atom. The number of aryl methyl sites for hydroxylation is 2. The molecule has 0 aliphatic heterocycles. The molecular formula is C27H27N3O4. The van der Waals surface area contributed by atoms with Crippen molar-refractivity contribution in [2.24, 2.45) is 5.92 Å². The highest BCUT2D eigenvalue weighted by Crippen LogP contribution is 2.39. The van der Waals surface area contributed by atoms with E-state index in [1.165, 1.54) is 0 Å². The molecular weight excluding hydrogens is 430 g/mol. The third-order valence-electron chi connectivity index (χ3n) is 6.07. The van der Waals surface area contributed by atoms with Crippen LogP contribution < -0.4 is 10.5 Å². The van der Waals surface area contributed by atoms with Gasteiger partial charge in [-0.05, 0) is 43.9 Å². The van der Waals surface area contributed by atoms with Crippen molar-refractivity contribution in [2.75, 3.05) is 7.11 Å². The molecule has 7 nitrogen and oxygen atoms in total. The second-order valence-electron chi connectivity index (χ2n) is 9.04. The molecule has 5 rings (SSSR count). The highest BCUT2D eigenvalue weighted by Gasteiger charge is 2.23. The summed E-state index contributed by atoms with van der Waals surface area (Å²) in [4.78, 5) is 18.0. The van der Waals surface area contributed by atoms with Crippen LogP contribution in [-0.2, 0) is 13.0 Å². The average molecular weight is 458 g/mol. The van der Waals surface area contributed by atoms with E-state index in [-0.39, 0.29) is 0 Å². The number of oxazole rings is 1. The molecule has 0 aliphatic rings. The molecule has 0 bridgehead atoms. The minimum absolute atomic E-state index is 0.344. The van der Waals surface area contributed by atoms with Crippen molar-refractivity contribution in [3.63, 3.8) is 0 Å². The molecule has 0 N–H and O–H groups in total. The Balaban J connectivity index is 1.85. The number of hydrogen-bond acceptors (Lipinski definition) is 6. The van der Waals surface area contributed by atoms with Gasteiger partial charge in [0, 0.05) is 10.9 Å². The normalized spacial score (nSPS) is 11.7. The van der Waals surface area contributed by atoms with Crippen LogP contribution in [0, 0.1) is 19.8 Å². The van der Waals surface area contributed by atoms with Crippen molar-refractivity contribution in [3.05, 3.63) is 75.7 Å². The molecule has 2 aromatic carbocycles. The topological polar surface area (TPSA) is 83.3 Å². The number of ether oxygens (including phenoxy) is 1. The largest absolute Gasteiger partial charge is 0.496 e. The first kappa shape index (κ1) is 21.9. The highest BCUT2D eigenvalue weighted by molar-refractivity contribution is 6.05. The van der Waals surface area contributed by atoms with Gasteiger partial charge in [-0.2, -0.15) is 0 Å². The van der Waals surface area contributed by atoms with Crippen LogP contribution >= 0.6 is 0 Å². The first-order chi connectivity index (χ1) is 16.4. The quantitative estimate of drug-likeness (QED) is 0.327. The minimum atomic E-state index is -0.396. The van der Waals surface area contributed by atoms with Crippen LogP contribution in [0.1, 0.15) is 36.6 Å². The van der Waals surface area contributed by atoms with Crippen molar-refractivity contribution in [1.82, 2.24) is 14.7 Å². The highest BCUT2D eigenvalue weighted by atomic mass is 16.5. The maximum absolute atomic E-state index is 13.0. The molecule has 0 fully saturated rings. The van der Waals surface area contributed by atoms with Crippen molar-refractivity contribution in [2.45, 2.75) is 40.7 Å². The average Bonchev–Trinajstić information content (AvgIpc) is 3.32. The Kier molecular flexibility index (Phi) is 5.48. The van der Waals surface area contributed by atoms with E-state index in [1.807, 2.05) is 56.3 Å². The second-order valence-corrected chi connectivity index (χ2v) is 9.04. The Bertz CT molecular complexity index is 1540. The number of hydrogen-bond donors (Lipinski definition) is 0. The van der Waals surface area contributed by atoms with Gasteiger partial charge in [-0.25, -0.2) is 9.78 Å². The van der Waals surface area contributed by atoms with Gasteiger partial charge in [0.1, 0.15) is 17.0 Å². The van der Waals surface area contributed by atoms with Crippen LogP contribution in [0.3, 0.4) is 0 Å². The Hall–Kier alpha value is -3.87. The first-order valence-electron chi connectivity index (χ1n) is 11.4. The second kappa shape index (κ2) is 8.48. The molecule has 3 heterocycles. The van der Waals surface area contributed by atoms with Crippen molar-refractivity contribution < 1.29 is 13.7 Å². The summed E-state index contributed by atoms with van der Waals surface area (Å²) in [6, 6.07) is 13.8. The van der Waals surface area contributed by atoms with Crippen LogP contribution in [0.5, 0.6) is 5.75 Å². The van der Waals surface area contributed by atoms with E-state index < -0.39 is 5.76 Å². The lowest BCUT2D eigenvalue weighted by atomic mass is 9.99. The SMILES string of the molecule is COc1cc2c(cc1-c1c(C)noc1C)nc(CC(C)C)c1oc(=O)n(Cc3ccccc3)c12. The molecule has 0 spiro atoms. The summed E-state index contributed by atoms with van der Waals surface area (Å²) in [6.45, 7) is 8.44. The fraction of sp³-hybridized carbons (Fsp3) is 0.296. The molecule has 0 unspecified atom stereocenters. The van der Waals surface area contributed by atoms with Gasteiger partial charge in [0.2, 0.25) is 0 Å². The lowest BCUT2D eigenvalue weighted by Gasteiger charge is -2.13. The zero-order valence-electron chi connectivity index (χ0n) is 20.0. The summed E-state index contributed by atoms with van der Waals surface area (Å²) >= 11 is 0. The number of nitrogens with zero attached hydrogens (tertiary/aromatic N) is 3. The molecule has 0 radical (unpaired) electrons. The van der Waals surface area contributed by atoms with Crippen LogP contribution in [0.25, 0.3) is 33.1 Å². The molecule has 0 amide bonds. The smallest absolute Gasteiger partial charge is 0.420 e. The zero-order valence-corrected chi connectivity index (χ0v) is 20.0. The molecule has 7 heteroatoms. The number of aromatic nitrogens is 3. The van der Waals surface area contributed by atoms with E-state index >= 15 is 0 Å². The van der Waals surface area contributed by atoms with Crippen LogP contribution in [0.2, 0.25) is 0 Å². The molecule has 34 heavy (non-hydrogen) atoms. The minimum Gasteiger partial charge on any atom is -0.496 e. The molecule has 3 aromatic heterocycles. The first-order valence-corrected chi connectivity index (χ1v) is 11.4. The van der Waals surface area contributed by atoms with Gasteiger partial charge in [-0.3, -0.25) is 4.57 Å². The van der Waals surface area contributed by atoms with Gasteiger partial charge in [0.15, 0.2) is 5.58 Å². The lowest BCUT2D eigenvalue weighted by molar-refractivity contribution is 0.393. The van der Waals surface area contributed by atoms with Crippen LogP contribution in [0.15, 0.2) is 56.2 Å². The zero-order chi connectivity index (χ0) is 24.0. The summed E-state index contributed by atoms with van der Waals surface area (Å²) in [5, 5.41) is 4.91. The van der Waals surface area contributed by atoms with Crippen molar-refractivity contribution in [1.29, 1.82) is 0 Å². The molecule has 0 saturated carbocycles. The van der Waals surface area contributed by atoms with E-state index in [9.17, 15) is 4.79 Å². The fourth-order valence-electron chi connectivity index (χ4n) is 4.58. The van der Waals surface area contributed by atoms with Gasteiger partial charge in [0.25, 0.3) is 0 Å². The van der Waals surface area contributed by atoms with E-state index in [0.717, 1.165) is 44.5 Å². The van der Waals surface area contributed by atoms with E-state index in [2.05, 4.69) is 19.0 Å². The summed E-state index contributed by atoms with van der Waals surface area (Å²) in [5.74, 6) is 1.31. The van der Waals surface area contributed by atoms with Crippen LogP contribution in [-0.4, -0.2) is 21.8 Å². The molecule has 5 aromatic rings. The number of methoxy groups -OCH3 is 1. The van der Waals surface area contributed by atoms with Gasteiger partial charge >= 0.3 is 5.76 Å². The van der Waals surface area contributed by atoms with Crippen molar-refractivity contribution >= 4 is 22.0 Å². The maximum Gasteiger partial charge on any atom is 0.420 e. The third kappa shape index (κ3) is 3.67. The molecule has 0 aliphatic carbocycles. The standard InChI is InChI=1S/C27H27N3O4/c1-15(2)11-22-26-25(30(27(31)33-26)14-18-9-7-6-8-10-18)19-13-23(32-5)20(12-21(19)28-22)24-16(3)29-34-17(24)4/h6-10,12-13,15H,11,14H2,1-5H3. The number of benzene rings is 2. The maximum atomic E-state index is 13.0. The number of pyridine rings is 1. The third-order valence-corrected chi connectivity index (χ3v) is 6.07. The Morgan fingerprint density at radius 2 is 1.88 bits per heavy atom. The number of fused-ring (bicyclic) bond motifs is 3. The van der Waals surface area contributed by atoms with Crippen LogP contribution in [0.4, 0.5) is 0 Å². The molecule has 0 atom stereocenters. The summed E-state index contributed by atoms with van der Waals surface area (Å²) in [5.41, 5.74) is 6.35. The Labute approximate surface area is 197 Å². The predicted octanol–water partition coefficient (Wildman–Crippen LogP) is 5.67. The predicted molar refractivity (Wildman–Crippen MR) is 131 cm³/mol. The molecule has 174 valence electrons. The van der Waals surface area contributed by atoms with E-state index in [1.54, 1.807) is 11.7 Å². The van der Waals surface area contributed by atoms with Gasteiger partial charge in [-0.15, -0.1) is 0 Å². The molecule has 0 saturated heterocycles. The van der Waals surface area contributed by atoms with E-state index in [4.69, 9.17) is 18.7 Å². The van der Waals surface area contributed by atoms with Gasteiger partial charge in [-0.1, -0.05) is 49.3 Å². The summed E-state index contributed by atoms with van der Waals surface area (Å²) in [6.07, 6.45) is 0.692.